The highest BCUT2D eigenvalue weighted by Gasteiger charge is 2.23. The number of hydrogen-bond donors (Lipinski definition) is 3. The zero-order valence-corrected chi connectivity index (χ0v) is 19.8. The van der Waals surface area contributed by atoms with Crippen molar-refractivity contribution < 1.29 is 9.59 Å². The second kappa shape index (κ2) is 9.46. The maximum absolute atomic E-state index is 13.2. The van der Waals surface area contributed by atoms with Crippen molar-refractivity contribution >= 4 is 78.8 Å². The Morgan fingerprint density at radius 3 is 2.67 bits per heavy atom. The Hall–Kier alpha value is -1.95. The Balaban J connectivity index is 2.12. The summed E-state index contributed by atoms with van der Waals surface area (Å²) >= 11 is 19.2. The van der Waals surface area contributed by atoms with Crippen molar-refractivity contribution in [2.24, 2.45) is 11.6 Å². The highest BCUT2D eigenvalue weighted by atomic mass is 79.9. The van der Waals surface area contributed by atoms with Crippen LogP contribution in [-0.4, -0.2) is 21.9 Å². The molecule has 0 fully saturated rings. The van der Waals surface area contributed by atoms with Crippen molar-refractivity contribution in [1.29, 1.82) is 0 Å². The molecule has 0 aliphatic carbocycles. The molecule has 0 aliphatic rings. The van der Waals surface area contributed by atoms with E-state index in [4.69, 9.17) is 34.8 Å². The number of rotatable bonds is 6. The van der Waals surface area contributed by atoms with E-state index in [0.29, 0.717) is 36.9 Å². The van der Waals surface area contributed by atoms with Crippen LogP contribution in [-0.2, 0) is 11.3 Å². The number of hydrazine groups is 1. The number of hydrogen-bond acceptors (Lipinski definition) is 5. The van der Waals surface area contributed by atoms with Gasteiger partial charge < -0.3 is 11.1 Å². The number of benzene rings is 1. The fourth-order valence-corrected chi connectivity index (χ4v) is 4.07. The summed E-state index contributed by atoms with van der Waals surface area (Å²) in [5.74, 6) is 5.58. The summed E-state index contributed by atoms with van der Waals surface area (Å²) in [5, 5.41) is 4.24. The summed E-state index contributed by atoms with van der Waals surface area (Å²) in [7, 11) is 0. The lowest BCUT2D eigenvalue weighted by atomic mass is 10.1. The number of anilines is 2. The van der Waals surface area contributed by atoms with Crippen LogP contribution in [0.25, 0.3) is 5.82 Å². The number of carbonyl (C=O) groups is 2. The van der Waals surface area contributed by atoms with Crippen LogP contribution in [0.15, 0.2) is 45.6 Å². The van der Waals surface area contributed by atoms with E-state index in [0.717, 1.165) is 5.01 Å². The monoisotopic (exact) mass is 574 g/mol. The van der Waals surface area contributed by atoms with Gasteiger partial charge in [0.1, 0.15) is 10.3 Å². The molecule has 5 N–H and O–H groups in total. The smallest absolute Gasteiger partial charge is 0.272 e. The number of nitrogens with two attached hydrogens (primary N) is 2. The minimum atomic E-state index is -0.513. The number of halogens is 4. The summed E-state index contributed by atoms with van der Waals surface area (Å²) in [5.41, 5.74) is 6.97. The van der Waals surface area contributed by atoms with Gasteiger partial charge in [-0.25, -0.2) is 15.8 Å². The molecule has 3 aromatic rings. The van der Waals surface area contributed by atoms with Gasteiger partial charge in [0.05, 0.1) is 20.9 Å². The molecule has 2 amide bonds. The van der Waals surface area contributed by atoms with Gasteiger partial charge in [-0.3, -0.25) is 14.2 Å². The van der Waals surface area contributed by atoms with Crippen molar-refractivity contribution in [3.8, 4) is 5.82 Å². The van der Waals surface area contributed by atoms with Gasteiger partial charge in [-0.1, -0.05) is 23.2 Å². The normalized spacial score (nSPS) is 10.7. The number of carbonyl (C=O) groups excluding carboxylic acids is 2. The van der Waals surface area contributed by atoms with Crippen molar-refractivity contribution in [2.75, 3.05) is 10.3 Å². The molecule has 156 valence electrons. The van der Waals surface area contributed by atoms with Crippen molar-refractivity contribution in [2.45, 2.75) is 6.54 Å². The van der Waals surface area contributed by atoms with Gasteiger partial charge in [0.25, 0.3) is 5.91 Å². The molecule has 1 aromatic carbocycles. The molecule has 0 unspecified atom stereocenters. The van der Waals surface area contributed by atoms with Gasteiger partial charge >= 0.3 is 0 Å². The third-order valence-corrected chi connectivity index (χ3v) is 6.53. The van der Waals surface area contributed by atoms with E-state index >= 15 is 0 Å². The average Bonchev–Trinajstić information content (AvgIpc) is 3.03. The third kappa shape index (κ3) is 4.39. The summed E-state index contributed by atoms with van der Waals surface area (Å²) in [6.45, 7) is 0.0519. The quantitative estimate of drug-likeness (QED) is 0.175. The molecule has 0 aliphatic heterocycles. The second-order valence-corrected chi connectivity index (χ2v) is 8.39. The summed E-state index contributed by atoms with van der Waals surface area (Å²) in [4.78, 5) is 28.7. The summed E-state index contributed by atoms with van der Waals surface area (Å²) in [6, 6.07) is 7.97. The van der Waals surface area contributed by atoms with E-state index in [2.05, 4.69) is 42.2 Å². The number of aromatic nitrogens is 2. The van der Waals surface area contributed by atoms with Crippen molar-refractivity contribution in [1.82, 2.24) is 9.55 Å². The van der Waals surface area contributed by atoms with Gasteiger partial charge in [0, 0.05) is 17.8 Å². The first-order valence-electron chi connectivity index (χ1n) is 8.29. The van der Waals surface area contributed by atoms with Crippen LogP contribution < -0.4 is 21.9 Å². The van der Waals surface area contributed by atoms with Crippen LogP contribution in [0, 0.1) is 0 Å². The van der Waals surface area contributed by atoms with Gasteiger partial charge in [0.2, 0.25) is 6.41 Å². The Morgan fingerprint density at radius 1 is 1.30 bits per heavy atom. The first-order valence-corrected chi connectivity index (χ1v) is 10.6. The number of pyridine rings is 1. The van der Waals surface area contributed by atoms with Gasteiger partial charge in [-0.05, 0) is 67.8 Å². The topological polar surface area (TPSA) is 119 Å². The fourth-order valence-electron chi connectivity index (χ4n) is 2.76. The molecule has 12 heteroatoms. The van der Waals surface area contributed by atoms with Gasteiger partial charge in [0.15, 0.2) is 5.82 Å². The molecular formula is C18H14Br2Cl2N6O2. The average molecular weight is 577 g/mol. The highest BCUT2D eigenvalue weighted by molar-refractivity contribution is 9.13. The van der Waals surface area contributed by atoms with E-state index in [1.54, 1.807) is 35.0 Å². The van der Waals surface area contributed by atoms with Crippen molar-refractivity contribution in [3.63, 3.8) is 0 Å². The number of amides is 2. The van der Waals surface area contributed by atoms with Crippen LogP contribution in [0.4, 0.5) is 11.4 Å². The lowest BCUT2D eigenvalue weighted by Gasteiger charge is -2.20. The van der Waals surface area contributed by atoms with E-state index in [9.17, 15) is 9.59 Å². The van der Waals surface area contributed by atoms with Crippen LogP contribution in [0.2, 0.25) is 10.0 Å². The van der Waals surface area contributed by atoms with Gasteiger partial charge in [-0.2, -0.15) is 0 Å². The Kier molecular flexibility index (Phi) is 7.17. The minimum absolute atomic E-state index is 0.0519. The van der Waals surface area contributed by atoms with Crippen LogP contribution >= 0.6 is 55.1 Å². The number of nitrogens with zero attached hydrogens (tertiary/aromatic N) is 3. The molecule has 8 nitrogen and oxygen atoms in total. The summed E-state index contributed by atoms with van der Waals surface area (Å²) in [6.07, 6.45) is 1.95. The molecule has 0 saturated carbocycles. The highest BCUT2D eigenvalue weighted by Crippen LogP contribution is 2.35. The third-order valence-electron chi connectivity index (χ3n) is 4.10. The molecule has 0 radical (unpaired) electrons. The second-order valence-electron chi connectivity index (χ2n) is 5.94. The lowest BCUT2D eigenvalue weighted by molar-refractivity contribution is -0.107. The zero-order chi connectivity index (χ0) is 22.0. The standard InChI is InChI=1S/C18H14Br2Cl2N6O2/c19-11-6-14(28(16(11)20)17-12(22)2-1-3-25-17)18(30)26-15-9(7-23)4-10(21)5-13(15)27(24)8-29/h1-6,8H,7,23-24H2,(H,26,30). The van der Waals surface area contributed by atoms with Crippen molar-refractivity contribution in [3.05, 3.63) is 66.9 Å². The molecular weight excluding hydrogens is 563 g/mol. The molecule has 2 heterocycles. The maximum Gasteiger partial charge on any atom is 0.272 e. The summed E-state index contributed by atoms with van der Waals surface area (Å²) < 4.78 is 2.69. The minimum Gasteiger partial charge on any atom is -0.326 e. The molecule has 0 spiro atoms. The molecule has 0 bridgehead atoms. The maximum atomic E-state index is 13.2. The van der Waals surface area contributed by atoms with E-state index in [1.807, 2.05) is 0 Å². The van der Waals surface area contributed by atoms with E-state index in [-0.39, 0.29) is 23.6 Å². The molecule has 3 rings (SSSR count). The number of nitrogens with one attached hydrogen (secondary N) is 1. The van der Waals surface area contributed by atoms with Crippen LogP contribution in [0.5, 0.6) is 0 Å². The molecule has 0 atom stereocenters. The first-order chi connectivity index (χ1) is 14.3. The van der Waals surface area contributed by atoms with Crippen LogP contribution in [0.1, 0.15) is 16.1 Å². The Labute approximate surface area is 198 Å². The van der Waals surface area contributed by atoms with Crippen LogP contribution in [0.3, 0.4) is 0 Å². The van der Waals surface area contributed by atoms with E-state index in [1.165, 1.54) is 6.07 Å². The van der Waals surface area contributed by atoms with Gasteiger partial charge in [-0.15, -0.1) is 0 Å². The first kappa shape index (κ1) is 22.7. The molecule has 0 saturated heterocycles. The fraction of sp³-hybridized carbons (Fsp3) is 0.0556. The predicted molar refractivity (Wildman–Crippen MR) is 124 cm³/mol. The Morgan fingerprint density at radius 2 is 2.03 bits per heavy atom. The lowest BCUT2D eigenvalue weighted by Crippen LogP contribution is -2.31. The molecule has 30 heavy (non-hydrogen) atoms. The predicted octanol–water partition coefficient (Wildman–Crippen LogP) is 4.25. The Bertz CT molecular complexity index is 1140. The van der Waals surface area contributed by atoms with E-state index < -0.39 is 5.91 Å². The SMILES string of the molecule is NCc1cc(Cl)cc(N(N)C=O)c1NC(=O)c1cc(Br)c(Br)n1-c1ncccc1Cl. The largest absolute Gasteiger partial charge is 0.326 e. The molecule has 2 aromatic heterocycles. The zero-order valence-electron chi connectivity index (χ0n) is 15.1.